The smallest absolute Gasteiger partial charge is 0.227 e. The van der Waals surface area contributed by atoms with E-state index >= 15 is 0 Å². The lowest BCUT2D eigenvalue weighted by Crippen LogP contribution is -2.40. The van der Waals surface area contributed by atoms with Crippen LogP contribution in [0.3, 0.4) is 0 Å². The minimum absolute atomic E-state index is 0.00605. The minimum Gasteiger partial charge on any atom is -0.383 e. The molecule has 1 aliphatic rings. The van der Waals surface area contributed by atoms with Gasteiger partial charge in [-0.05, 0) is 30.7 Å². The van der Waals surface area contributed by atoms with Crippen molar-refractivity contribution >= 4 is 15.7 Å². The molecule has 166 valence electrons. The van der Waals surface area contributed by atoms with Gasteiger partial charge in [0.1, 0.15) is 0 Å². The zero-order valence-corrected chi connectivity index (χ0v) is 19.2. The van der Waals surface area contributed by atoms with Gasteiger partial charge in [0.2, 0.25) is 20.9 Å². The molecule has 1 amide bonds. The normalized spacial score (nSPS) is 18.7. The lowest BCUT2D eigenvalue weighted by atomic mass is 9.98. The van der Waals surface area contributed by atoms with Crippen LogP contribution < -0.4 is 5.32 Å². The molecule has 0 radical (unpaired) electrons. The van der Waals surface area contributed by atoms with Crippen LogP contribution in [-0.2, 0) is 32.5 Å². The van der Waals surface area contributed by atoms with Gasteiger partial charge in [-0.2, -0.15) is 0 Å². The van der Waals surface area contributed by atoms with Gasteiger partial charge in [-0.1, -0.05) is 20.8 Å². The van der Waals surface area contributed by atoms with Crippen LogP contribution in [-0.4, -0.2) is 67.9 Å². The van der Waals surface area contributed by atoms with Gasteiger partial charge in [0.05, 0.1) is 24.3 Å². The highest BCUT2D eigenvalue weighted by molar-refractivity contribution is 7.91. The summed E-state index contributed by atoms with van der Waals surface area (Å²) in [5, 5.41) is 3.04. The number of piperidine rings is 1. The average Bonchev–Trinajstić information content (AvgIpc) is 3.00. The van der Waals surface area contributed by atoms with E-state index in [9.17, 15) is 13.2 Å². The number of rotatable bonds is 9. The van der Waals surface area contributed by atoms with Gasteiger partial charge < -0.3 is 14.6 Å². The molecule has 1 fully saturated rings. The van der Waals surface area contributed by atoms with E-state index < -0.39 is 9.84 Å². The molecular weight excluding hydrogens is 392 g/mol. The van der Waals surface area contributed by atoms with Gasteiger partial charge >= 0.3 is 0 Å². The fourth-order valence-corrected chi connectivity index (χ4v) is 5.83. The number of ether oxygens (including phenoxy) is 1. The van der Waals surface area contributed by atoms with Crippen molar-refractivity contribution in [2.75, 3.05) is 39.1 Å². The van der Waals surface area contributed by atoms with Crippen molar-refractivity contribution in [3.05, 3.63) is 11.9 Å². The molecule has 9 heteroatoms. The average molecular weight is 429 g/mol. The van der Waals surface area contributed by atoms with Crippen LogP contribution in [0.5, 0.6) is 0 Å². The maximum atomic E-state index is 13.0. The van der Waals surface area contributed by atoms with Crippen molar-refractivity contribution in [3.63, 3.8) is 0 Å². The number of hydrogen-bond acceptors (Lipinski definition) is 6. The number of likely N-dealkylation sites (tertiary alicyclic amines) is 1. The van der Waals surface area contributed by atoms with Gasteiger partial charge in [-0.3, -0.25) is 9.69 Å². The van der Waals surface area contributed by atoms with Gasteiger partial charge in [0.25, 0.3) is 0 Å². The summed E-state index contributed by atoms with van der Waals surface area (Å²) in [6.07, 6.45) is 3.83. The topological polar surface area (TPSA) is 93.5 Å². The summed E-state index contributed by atoms with van der Waals surface area (Å²) in [7, 11) is -1.89. The first-order chi connectivity index (χ1) is 13.5. The third-order valence-electron chi connectivity index (χ3n) is 4.95. The number of imidazole rings is 1. The molecule has 0 bridgehead atoms. The van der Waals surface area contributed by atoms with Crippen LogP contribution in [0.2, 0.25) is 0 Å². The van der Waals surface area contributed by atoms with Crippen molar-refractivity contribution < 1.29 is 17.9 Å². The highest BCUT2D eigenvalue weighted by atomic mass is 32.2. The highest BCUT2D eigenvalue weighted by Gasteiger charge is 2.29. The number of amides is 1. The predicted octanol–water partition coefficient (Wildman–Crippen LogP) is 1.70. The Kier molecular flexibility index (Phi) is 8.25. The summed E-state index contributed by atoms with van der Waals surface area (Å²) in [5.74, 6) is 0.451. The number of sulfone groups is 1. The number of methoxy groups -OCH3 is 1. The largest absolute Gasteiger partial charge is 0.383 e. The summed E-state index contributed by atoms with van der Waals surface area (Å²) in [4.78, 5) is 17.8. The molecule has 0 spiro atoms. The number of hydrogen-bond donors (Lipinski definition) is 1. The van der Waals surface area contributed by atoms with Gasteiger partial charge in [-0.15, -0.1) is 0 Å². The minimum atomic E-state index is -3.50. The Balaban J connectivity index is 2.17. The molecule has 2 heterocycles. The lowest BCUT2D eigenvalue weighted by molar-refractivity contribution is -0.119. The third kappa shape index (κ3) is 7.38. The van der Waals surface area contributed by atoms with Crippen molar-refractivity contribution in [2.24, 2.45) is 11.3 Å². The summed E-state index contributed by atoms with van der Waals surface area (Å²) in [5.41, 5.74) is 0.538. The highest BCUT2D eigenvalue weighted by Crippen LogP contribution is 2.24. The quantitative estimate of drug-likeness (QED) is 0.643. The second kappa shape index (κ2) is 10.0. The van der Waals surface area contributed by atoms with E-state index in [4.69, 9.17) is 4.74 Å². The summed E-state index contributed by atoms with van der Waals surface area (Å²) >= 11 is 0. The molecule has 8 nitrogen and oxygen atoms in total. The van der Waals surface area contributed by atoms with E-state index in [1.54, 1.807) is 17.9 Å². The van der Waals surface area contributed by atoms with Crippen LogP contribution in [0.15, 0.2) is 11.4 Å². The number of nitrogens with zero attached hydrogens (tertiary/aromatic N) is 3. The maximum Gasteiger partial charge on any atom is 0.227 e. The van der Waals surface area contributed by atoms with E-state index in [2.05, 4.69) is 15.2 Å². The number of carbonyl (C=O) groups is 1. The maximum absolute atomic E-state index is 13.0. The summed E-state index contributed by atoms with van der Waals surface area (Å²) in [6, 6.07) is 0. The van der Waals surface area contributed by atoms with Crippen LogP contribution in [0.1, 0.15) is 46.2 Å². The van der Waals surface area contributed by atoms with Crippen LogP contribution in [0, 0.1) is 11.3 Å². The standard InChI is InChI=1S/C20H36N4O4S/c1-16(25)21-11-17-7-6-8-23(13-17)14-18-12-22-19(24(18)9-10-28-5)29(26,27)15-20(2,3)4/h12,17H,6-11,13-15H2,1-5H3,(H,21,25)/t17-/m1/s1. The number of aromatic nitrogens is 2. The number of carbonyl (C=O) groups excluding carboxylic acids is 1. The van der Waals surface area contributed by atoms with E-state index in [-0.39, 0.29) is 22.2 Å². The molecule has 1 saturated heterocycles. The third-order valence-corrected chi connectivity index (χ3v) is 7.08. The summed E-state index contributed by atoms with van der Waals surface area (Å²) in [6.45, 7) is 11.3. The van der Waals surface area contributed by atoms with Gasteiger partial charge in [0, 0.05) is 40.2 Å². The molecule has 1 atom stereocenters. The van der Waals surface area contributed by atoms with Crippen molar-refractivity contribution in [1.29, 1.82) is 0 Å². The molecule has 1 N–H and O–H groups in total. The Morgan fingerprint density at radius 3 is 2.72 bits per heavy atom. The molecule has 0 unspecified atom stereocenters. The van der Waals surface area contributed by atoms with Crippen LogP contribution in [0.25, 0.3) is 0 Å². The monoisotopic (exact) mass is 428 g/mol. The molecule has 0 aromatic carbocycles. The molecule has 0 saturated carbocycles. The van der Waals surface area contributed by atoms with E-state index in [1.165, 1.54) is 6.92 Å². The molecule has 29 heavy (non-hydrogen) atoms. The first-order valence-corrected chi connectivity index (χ1v) is 11.9. The second-order valence-corrected chi connectivity index (χ2v) is 11.1. The van der Waals surface area contributed by atoms with Crippen LogP contribution >= 0.6 is 0 Å². The Labute approximate surface area is 174 Å². The zero-order valence-electron chi connectivity index (χ0n) is 18.4. The molecule has 2 rings (SSSR count). The zero-order chi connectivity index (χ0) is 21.7. The molecule has 1 aromatic rings. The van der Waals surface area contributed by atoms with Crippen molar-refractivity contribution in [2.45, 2.75) is 58.8 Å². The molecular formula is C20H36N4O4S. The summed E-state index contributed by atoms with van der Waals surface area (Å²) < 4.78 is 32.9. The Morgan fingerprint density at radius 1 is 1.38 bits per heavy atom. The first kappa shape index (κ1) is 23.8. The fourth-order valence-electron chi connectivity index (χ4n) is 3.80. The fraction of sp³-hybridized carbons (Fsp3) is 0.800. The van der Waals surface area contributed by atoms with Crippen molar-refractivity contribution in [1.82, 2.24) is 19.8 Å². The van der Waals surface area contributed by atoms with Crippen molar-refractivity contribution in [3.8, 4) is 0 Å². The molecule has 1 aromatic heterocycles. The Bertz CT molecular complexity index is 783. The Morgan fingerprint density at radius 2 is 2.10 bits per heavy atom. The van der Waals surface area contributed by atoms with Gasteiger partial charge in [0.15, 0.2) is 0 Å². The van der Waals surface area contributed by atoms with Crippen LogP contribution in [0.4, 0.5) is 0 Å². The van der Waals surface area contributed by atoms with E-state index in [0.29, 0.717) is 32.2 Å². The first-order valence-electron chi connectivity index (χ1n) is 10.2. The number of nitrogens with one attached hydrogen (secondary N) is 1. The molecule has 0 aliphatic carbocycles. The van der Waals surface area contributed by atoms with Gasteiger partial charge in [-0.25, -0.2) is 13.4 Å². The Hall–Kier alpha value is -1.45. The van der Waals surface area contributed by atoms with E-state index in [1.807, 2.05) is 20.8 Å². The van der Waals surface area contributed by atoms with E-state index in [0.717, 1.165) is 31.6 Å². The lowest BCUT2D eigenvalue weighted by Gasteiger charge is -2.32. The predicted molar refractivity (Wildman–Crippen MR) is 112 cm³/mol. The second-order valence-electron chi connectivity index (χ2n) is 9.18. The molecule has 1 aliphatic heterocycles. The SMILES string of the molecule is COCCn1c(CN2CCC[C@H](CNC(C)=O)C2)cnc1S(=O)(=O)CC(C)(C)C.